The van der Waals surface area contributed by atoms with E-state index in [9.17, 15) is 9.18 Å². The Bertz CT molecular complexity index is 865. The molecular weight excluding hydrogens is 339 g/mol. The molecular formula is C18H17FN4OS. The van der Waals surface area contributed by atoms with Gasteiger partial charge < -0.3 is 10.3 Å². The van der Waals surface area contributed by atoms with Crippen LogP contribution in [0.4, 0.5) is 4.39 Å². The minimum absolute atomic E-state index is 0.361. The number of carbonyl (C=O) groups is 1. The van der Waals surface area contributed by atoms with Crippen molar-refractivity contribution in [1.29, 1.82) is 0 Å². The smallest absolute Gasteiger partial charge is 0.235 e. The van der Waals surface area contributed by atoms with Crippen LogP contribution in [0.2, 0.25) is 0 Å². The van der Waals surface area contributed by atoms with E-state index in [1.165, 1.54) is 23.9 Å². The third-order valence-corrected chi connectivity index (χ3v) is 4.97. The monoisotopic (exact) mass is 356 g/mol. The highest BCUT2D eigenvalue weighted by Gasteiger charge is 2.23. The van der Waals surface area contributed by atoms with Crippen LogP contribution in [-0.2, 0) is 11.3 Å². The summed E-state index contributed by atoms with van der Waals surface area (Å²) in [4.78, 5) is 11.9. The maximum atomic E-state index is 13.1. The molecule has 0 aliphatic carbocycles. The Morgan fingerprint density at radius 3 is 2.44 bits per heavy atom. The summed E-state index contributed by atoms with van der Waals surface area (Å²) in [7, 11) is 0. The molecule has 0 spiro atoms. The molecule has 3 aromatic rings. The van der Waals surface area contributed by atoms with Crippen molar-refractivity contribution < 1.29 is 9.18 Å². The van der Waals surface area contributed by atoms with Crippen LogP contribution in [0.5, 0.6) is 0 Å². The molecule has 7 heteroatoms. The summed E-state index contributed by atoms with van der Waals surface area (Å²) in [5, 5.41) is 8.40. The fraction of sp³-hybridized carbons (Fsp3) is 0.167. The molecule has 1 amide bonds. The molecule has 2 N–H and O–H groups in total. The summed E-state index contributed by atoms with van der Waals surface area (Å²) < 4.78 is 15.1. The van der Waals surface area contributed by atoms with E-state index >= 15 is 0 Å². The predicted octanol–water partition coefficient (Wildman–Crippen LogP) is 3.42. The minimum Gasteiger partial charge on any atom is -0.368 e. The van der Waals surface area contributed by atoms with Crippen LogP contribution in [0.3, 0.4) is 0 Å². The number of halogens is 1. The second-order valence-electron chi connectivity index (χ2n) is 5.37. The molecule has 0 radical (unpaired) electrons. The second-order valence-corrected chi connectivity index (χ2v) is 6.44. The molecule has 0 saturated heterocycles. The predicted molar refractivity (Wildman–Crippen MR) is 95.3 cm³/mol. The van der Waals surface area contributed by atoms with E-state index in [1.54, 1.807) is 12.1 Å². The summed E-state index contributed by atoms with van der Waals surface area (Å²) >= 11 is 1.21. The lowest BCUT2D eigenvalue weighted by Gasteiger charge is -2.14. The van der Waals surface area contributed by atoms with Crippen LogP contribution >= 0.6 is 11.8 Å². The van der Waals surface area contributed by atoms with E-state index in [1.807, 2.05) is 41.8 Å². The van der Waals surface area contributed by atoms with Gasteiger partial charge in [-0.15, -0.1) is 10.2 Å². The maximum Gasteiger partial charge on any atom is 0.235 e. The number of aromatic nitrogens is 3. The van der Waals surface area contributed by atoms with E-state index in [4.69, 9.17) is 5.73 Å². The molecule has 0 aliphatic rings. The van der Waals surface area contributed by atoms with Gasteiger partial charge in [0.05, 0.1) is 0 Å². The van der Waals surface area contributed by atoms with Crippen LogP contribution in [0.25, 0.3) is 11.4 Å². The summed E-state index contributed by atoms with van der Waals surface area (Å²) in [6.45, 7) is 2.63. The summed E-state index contributed by atoms with van der Waals surface area (Å²) in [6, 6.07) is 15.4. The quantitative estimate of drug-likeness (QED) is 0.687. The van der Waals surface area contributed by atoms with Crippen molar-refractivity contribution in [2.45, 2.75) is 23.9 Å². The first-order chi connectivity index (χ1) is 12.1. The highest BCUT2D eigenvalue weighted by atomic mass is 32.2. The number of nitrogens with two attached hydrogens (primary N) is 1. The molecule has 0 saturated carbocycles. The molecule has 5 nitrogen and oxygen atoms in total. The van der Waals surface area contributed by atoms with Crippen molar-refractivity contribution in [3.63, 3.8) is 0 Å². The number of primary amides is 1. The molecule has 25 heavy (non-hydrogen) atoms. The molecule has 3 rings (SSSR count). The van der Waals surface area contributed by atoms with E-state index in [-0.39, 0.29) is 5.82 Å². The number of nitrogens with zero attached hydrogens (tertiary/aromatic N) is 3. The highest BCUT2D eigenvalue weighted by Crippen LogP contribution is 2.35. The average Bonchev–Trinajstić information content (AvgIpc) is 3.04. The molecule has 0 bridgehead atoms. The first kappa shape index (κ1) is 17.2. The Hall–Kier alpha value is -2.67. The van der Waals surface area contributed by atoms with Gasteiger partial charge in [0.2, 0.25) is 5.91 Å². The zero-order valence-corrected chi connectivity index (χ0v) is 14.4. The molecule has 2 aromatic carbocycles. The number of benzene rings is 2. The molecule has 1 aromatic heterocycles. The Morgan fingerprint density at radius 2 is 1.84 bits per heavy atom. The van der Waals surface area contributed by atoms with Gasteiger partial charge in [0, 0.05) is 12.1 Å². The van der Waals surface area contributed by atoms with Crippen LogP contribution < -0.4 is 5.73 Å². The van der Waals surface area contributed by atoms with Gasteiger partial charge >= 0.3 is 0 Å². The fourth-order valence-electron chi connectivity index (χ4n) is 2.50. The first-order valence-corrected chi connectivity index (χ1v) is 8.68. The van der Waals surface area contributed by atoms with Gasteiger partial charge in [-0.3, -0.25) is 4.79 Å². The number of rotatable bonds is 6. The lowest BCUT2D eigenvalue weighted by atomic mass is 10.1. The standard InChI is InChI=1S/C18H17FN4OS/c1-2-23-17(13-6-4-3-5-7-13)21-22-18(23)25-15(16(20)24)12-8-10-14(19)11-9-12/h3-11,15H,2H2,1H3,(H2,20,24). The number of hydrogen-bond donors (Lipinski definition) is 1. The SMILES string of the molecule is CCn1c(SC(C(N)=O)c2ccc(F)cc2)nnc1-c1ccccc1. The average molecular weight is 356 g/mol. The topological polar surface area (TPSA) is 73.8 Å². The van der Waals surface area contributed by atoms with Crippen molar-refractivity contribution in [3.8, 4) is 11.4 Å². The molecule has 128 valence electrons. The molecule has 1 heterocycles. The third kappa shape index (κ3) is 3.71. The van der Waals surface area contributed by atoms with Gasteiger partial charge in [-0.2, -0.15) is 0 Å². The maximum absolute atomic E-state index is 13.1. The largest absolute Gasteiger partial charge is 0.368 e. The normalized spacial score (nSPS) is 12.1. The number of amides is 1. The molecule has 1 atom stereocenters. The van der Waals surface area contributed by atoms with Gasteiger partial charge in [0.1, 0.15) is 11.1 Å². The number of carbonyl (C=O) groups excluding carboxylic acids is 1. The third-order valence-electron chi connectivity index (χ3n) is 3.72. The van der Waals surface area contributed by atoms with Gasteiger partial charge in [-0.1, -0.05) is 54.2 Å². The lowest BCUT2D eigenvalue weighted by molar-refractivity contribution is -0.117. The van der Waals surface area contributed by atoms with Gasteiger partial charge in [0.15, 0.2) is 11.0 Å². The lowest BCUT2D eigenvalue weighted by Crippen LogP contribution is -2.19. The number of thioether (sulfide) groups is 1. The Balaban J connectivity index is 1.94. The van der Waals surface area contributed by atoms with Crippen LogP contribution in [-0.4, -0.2) is 20.7 Å². The van der Waals surface area contributed by atoms with Crippen LogP contribution in [0.1, 0.15) is 17.7 Å². The van der Waals surface area contributed by atoms with E-state index in [0.29, 0.717) is 17.3 Å². The molecule has 0 fully saturated rings. The Morgan fingerprint density at radius 1 is 1.16 bits per heavy atom. The van der Waals surface area contributed by atoms with E-state index in [0.717, 1.165) is 11.4 Å². The fourth-order valence-corrected chi connectivity index (χ4v) is 3.55. The zero-order chi connectivity index (χ0) is 17.8. The van der Waals surface area contributed by atoms with Crippen molar-refractivity contribution in [3.05, 3.63) is 66.0 Å². The van der Waals surface area contributed by atoms with Gasteiger partial charge in [0.25, 0.3) is 0 Å². The van der Waals surface area contributed by atoms with Gasteiger partial charge in [-0.25, -0.2) is 4.39 Å². The zero-order valence-electron chi connectivity index (χ0n) is 13.6. The minimum atomic E-state index is -0.668. The Kier molecular flexibility index (Phi) is 5.14. The second kappa shape index (κ2) is 7.48. The van der Waals surface area contributed by atoms with Crippen molar-refractivity contribution in [1.82, 2.24) is 14.8 Å². The summed E-state index contributed by atoms with van der Waals surface area (Å²) in [6.07, 6.45) is 0. The molecule has 1 unspecified atom stereocenters. The Labute approximate surface area is 149 Å². The van der Waals surface area contributed by atoms with Crippen LogP contribution in [0.15, 0.2) is 59.8 Å². The van der Waals surface area contributed by atoms with Gasteiger partial charge in [-0.05, 0) is 24.6 Å². The highest BCUT2D eigenvalue weighted by molar-refractivity contribution is 8.00. The van der Waals surface area contributed by atoms with Crippen molar-refractivity contribution >= 4 is 17.7 Å². The summed E-state index contributed by atoms with van der Waals surface area (Å²) in [5.41, 5.74) is 7.13. The van der Waals surface area contributed by atoms with Crippen molar-refractivity contribution in [2.24, 2.45) is 5.73 Å². The number of hydrogen-bond acceptors (Lipinski definition) is 4. The van der Waals surface area contributed by atoms with Crippen LogP contribution in [0, 0.1) is 5.82 Å². The molecule has 0 aliphatic heterocycles. The van der Waals surface area contributed by atoms with E-state index < -0.39 is 11.2 Å². The van der Waals surface area contributed by atoms with Crippen molar-refractivity contribution in [2.75, 3.05) is 0 Å². The van der Waals surface area contributed by atoms with E-state index in [2.05, 4.69) is 10.2 Å². The summed E-state index contributed by atoms with van der Waals surface area (Å²) in [5.74, 6) is -0.142. The first-order valence-electron chi connectivity index (χ1n) is 7.80.